The van der Waals surface area contributed by atoms with Crippen LogP contribution in [0.15, 0.2) is 116 Å². The van der Waals surface area contributed by atoms with Crippen LogP contribution in [0.4, 0.5) is 17.2 Å². The first-order valence-corrected chi connectivity index (χ1v) is 19.7. The molecule has 6 aromatic heterocycles. The highest BCUT2D eigenvalue weighted by molar-refractivity contribution is 6.40. The smallest absolute Gasteiger partial charge is 0.137 e. The molecule has 0 bridgehead atoms. The SMILES string of the molecule is COc1cncc(-c2cnc(N3CCOCC3)cc2Nc2c(C)c(-c3ccccn3)nc3c(Cl)cccc23)c1.Cc1c(-c2ccccn2)nc2c(Cl)cccc2c1Cl. The average Bonchev–Trinajstić information content (AvgIpc) is 3.27. The maximum atomic E-state index is 6.67. The van der Waals surface area contributed by atoms with Crippen molar-refractivity contribution in [3.8, 4) is 39.7 Å². The van der Waals surface area contributed by atoms with E-state index in [1.807, 2.05) is 98.2 Å². The van der Waals surface area contributed by atoms with E-state index in [0.717, 1.165) is 86.1 Å². The Balaban J connectivity index is 0.000000206. The zero-order valence-electron chi connectivity index (χ0n) is 31.9. The van der Waals surface area contributed by atoms with Crippen molar-refractivity contribution in [3.63, 3.8) is 0 Å². The van der Waals surface area contributed by atoms with Gasteiger partial charge in [-0.2, -0.15) is 0 Å². The Morgan fingerprint density at radius 2 is 1.33 bits per heavy atom. The van der Waals surface area contributed by atoms with Crippen LogP contribution in [-0.4, -0.2) is 63.3 Å². The van der Waals surface area contributed by atoms with Crippen LogP contribution in [0.3, 0.4) is 0 Å². The second kappa shape index (κ2) is 17.3. The minimum absolute atomic E-state index is 0.577. The van der Waals surface area contributed by atoms with E-state index in [9.17, 15) is 0 Å². The first kappa shape index (κ1) is 38.9. The van der Waals surface area contributed by atoms with Gasteiger partial charge in [0.1, 0.15) is 11.6 Å². The molecule has 1 fully saturated rings. The molecular weight excluding hydrogens is 791 g/mol. The highest BCUT2D eigenvalue weighted by Gasteiger charge is 2.20. The lowest BCUT2D eigenvalue weighted by molar-refractivity contribution is 0.122. The van der Waals surface area contributed by atoms with Crippen LogP contribution in [0, 0.1) is 13.8 Å². The van der Waals surface area contributed by atoms with Crippen molar-refractivity contribution in [2.75, 3.05) is 43.6 Å². The fourth-order valence-electron chi connectivity index (χ4n) is 6.88. The van der Waals surface area contributed by atoms with Crippen molar-refractivity contribution in [1.82, 2.24) is 29.9 Å². The average molecular weight is 828 g/mol. The summed E-state index contributed by atoms with van der Waals surface area (Å²) in [5, 5.41) is 7.37. The number of halogens is 3. The summed E-state index contributed by atoms with van der Waals surface area (Å²) in [6.07, 6.45) is 8.89. The Kier molecular flexibility index (Phi) is 11.6. The zero-order valence-corrected chi connectivity index (χ0v) is 34.1. The number of para-hydroxylation sites is 2. The Morgan fingerprint density at radius 3 is 1.97 bits per heavy atom. The minimum Gasteiger partial charge on any atom is -0.495 e. The summed E-state index contributed by atoms with van der Waals surface area (Å²) in [7, 11) is 1.63. The maximum Gasteiger partial charge on any atom is 0.137 e. The predicted molar refractivity (Wildman–Crippen MR) is 235 cm³/mol. The molecular formula is C45H37Cl3N8O2. The van der Waals surface area contributed by atoms with Crippen molar-refractivity contribution >= 4 is 73.8 Å². The molecule has 290 valence electrons. The van der Waals surface area contributed by atoms with Crippen LogP contribution >= 0.6 is 34.8 Å². The van der Waals surface area contributed by atoms with Crippen molar-refractivity contribution in [3.05, 3.63) is 142 Å². The van der Waals surface area contributed by atoms with Crippen LogP contribution in [0.1, 0.15) is 11.1 Å². The maximum absolute atomic E-state index is 6.67. The van der Waals surface area contributed by atoms with Gasteiger partial charge in [0, 0.05) is 71.4 Å². The van der Waals surface area contributed by atoms with E-state index in [-0.39, 0.29) is 0 Å². The number of nitrogens with zero attached hydrogens (tertiary/aromatic N) is 7. The van der Waals surface area contributed by atoms with Crippen LogP contribution in [0.5, 0.6) is 5.75 Å². The van der Waals surface area contributed by atoms with Gasteiger partial charge in [-0.05, 0) is 61.9 Å². The van der Waals surface area contributed by atoms with Crippen LogP contribution < -0.4 is 15.0 Å². The molecule has 2 aromatic carbocycles. The number of benzene rings is 2. The number of hydrogen-bond acceptors (Lipinski definition) is 10. The number of morpholine rings is 1. The molecule has 0 amide bonds. The third kappa shape index (κ3) is 7.97. The summed E-state index contributed by atoms with van der Waals surface area (Å²) in [5.74, 6) is 1.55. The normalized spacial score (nSPS) is 12.6. The van der Waals surface area contributed by atoms with Crippen molar-refractivity contribution in [1.29, 1.82) is 0 Å². The highest BCUT2D eigenvalue weighted by Crippen LogP contribution is 2.40. The lowest BCUT2D eigenvalue weighted by Gasteiger charge is -2.28. The zero-order chi connectivity index (χ0) is 40.2. The van der Waals surface area contributed by atoms with Gasteiger partial charge in [-0.25, -0.2) is 15.0 Å². The van der Waals surface area contributed by atoms with E-state index >= 15 is 0 Å². The van der Waals surface area contributed by atoms with Gasteiger partial charge in [-0.3, -0.25) is 15.0 Å². The summed E-state index contributed by atoms with van der Waals surface area (Å²) >= 11 is 19.3. The molecule has 10 nitrogen and oxygen atoms in total. The number of methoxy groups -OCH3 is 1. The van der Waals surface area contributed by atoms with Crippen molar-refractivity contribution in [2.24, 2.45) is 0 Å². The number of hydrogen-bond donors (Lipinski definition) is 1. The molecule has 1 aliphatic rings. The summed E-state index contributed by atoms with van der Waals surface area (Å²) in [6.45, 7) is 6.90. The summed E-state index contributed by atoms with van der Waals surface area (Å²) < 4.78 is 11.0. The topological polar surface area (TPSA) is 111 Å². The number of fused-ring (bicyclic) bond motifs is 2. The fraction of sp³-hybridized carbons (Fsp3) is 0.156. The van der Waals surface area contributed by atoms with Gasteiger partial charge in [0.2, 0.25) is 0 Å². The number of aromatic nitrogens is 6. The van der Waals surface area contributed by atoms with E-state index in [4.69, 9.17) is 54.2 Å². The van der Waals surface area contributed by atoms with Gasteiger partial charge in [0.05, 0.1) is 86.8 Å². The lowest BCUT2D eigenvalue weighted by Crippen LogP contribution is -2.36. The standard InChI is InChI=1S/C30H27ClN6O2.C15H10Cl2N2/c1-19-28(22-6-5-7-24(31)30(22)36-29(19)25-8-3-4-9-33-25)35-26-15-27(37-10-12-39-13-11-37)34-18-23(26)20-14-21(38-2)17-32-16-20;1-9-13(17)10-5-4-6-11(16)15(10)19-14(9)12-7-2-3-8-18-12/h3-9,14-18H,10-13H2,1-2H3,(H,34,35,36);2-8H,1H3. The fourth-order valence-corrected chi connectivity index (χ4v) is 7.55. The van der Waals surface area contributed by atoms with Gasteiger partial charge in [0.25, 0.3) is 0 Å². The van der Waals surface area contributed by atoms with Gasteiger partial charge in [0.15, 0.2) is 0 Å². The lowest BCUT2D eigenvalue weighted by atomic mass is 10.0. The van der Waals surface area contributed by atoms with Gasteiger partial charge < -0.3 is 19.7 Å². The van der Waals surface area contributed by atoms with Gasteiger partial charge >= 0.3 is 0 Å². The summed E-state index contributed by atoms with van der Waals surface area (Å²) in [6, 6.07) is 27.0. The molecule has 8 aromatic rings. The van der Waals surface area contributed by atoms with E-state index in [1.165, 1.54) is 0 Å². The number of rotatable bonds is 7. The molecule has 0 atom stereocenters. The third-order valence-corrected chi connectivity index (χ3v) is 11.0. The summed E-state index contributed by atoms with van der Waals surface area (Å²) in [5.41, 5.74) is 9.96. The molecule has 58 heavy (non-hydrogen) atoms. The third-order valence-electron chi connectivity index (χ3n) is 9.90. The van der Waals surface area contributed by atoms with E-state index < -0.39 is 0 Å². The van der Waals surface area contributed by atoms with Crippen LogP contribution in [0.2, 0.25) is 15.1 Å². The Bertz CT molecular complexity index is 2750. The molecule has 13 heteroatoms. The minimum atomic E-state index is 0.577. The second-order valence-electron chi connectivity index (χ2n) is 13.5. The largest absolute Gasteiger partial charge is 0.495 e. The van der Waals surface area contributed by atoms with Crippen molar-refractivity contribution < 1.29 is 9.47 Å². The Hall–Kier alpha value is -5.91. The second-order valence-corrected chi connectivity index (χ2v) is 14.7. The van der Waals surface area contributed by atoms with E-state index in [0.29, 0.717) is 45.1 Å². The quantitative estimate of drug-likeness (QED) is 0.167. The van der Waals surface area contributed by atoms with E-state index in [2.05, 4.69) is 43.1 Å². The van der Waals surface area contributed by atoms with Gasteiger partial charge in [-0.15, -0.1) is 0 Å². The molecule has 1 aliphatic heterocycles. The predicted octanol–water partition coefficient (Wildman–Crippen LogP) is 11.2. The molecule has 0 aliphatic carbocycles. The molecule has 7 heterocycles. The number of nitrogens with one attached hydrogen (secondary N) is 1. The van der Waals surface area contributed by atoms with Crippen LogP contribution in [-0.2, 0) is 4.74 Å². The molecule has 0 spiro atoms. The summed E-state index contributed by atoms with van der Waals surface area (Å²) in [4.78, 5) is 29.9. The molecule has 0 radical (unpaired) electrons. The molecule has 1 saturated heterocycles. The van der Waals surface area contributed by atoms with E-state index in [1.54, 1.807) is 25.7 Å². The van der Waals surface area contributed by atoms with Crippen LogP contribution in [0.25, 0.3) is 55.7 Å². The van der Waals surface area contributed by atoms with Gasteiger partial charge in [-0.1, -0.05) is 71.2 Å². The number of ether oxygens (including phenoxy) is 2. The molecule has 9 rings (SSSR count). The number of anilines is 3. The molecule has 1 N–H and O–H groups in total. The molecule has 0 unspecified atom stereocenters. The molecule has 0 saturated carbocycles. The first-order chi connectivity index (χ1) is 28.3. The Labute approximate surface area is 350 Å². The highest BCUT2D eigenvalue weighted by atomic mass is 35.5. The first-order valence-electron chi connectivity index (χ1n) is 18.6. The number of pyridine rings is 6. The van der Waals surface area contributed by atoms with Crippen molar-refractivity contribution in [2.45, 2.75) is 13.8 Å². The Morgan fingerprint density at radius 1 is 0.690 bits per heavy atom. The monoisotopic (exact) mass is 826 g/mol.